The van der Waals surface area contributed by atoms with Crippen LogP contribution in [0, 0.1) is 11.8 Å². The lowest BCUT2D eigenvalue weighted by Gasteiger charge is -2.20. The Morgan fingerprint density at radius 2 is 2.08 bits per heavy atom. The predicted octanol–water partition coefficient (Wildman–Crippen LogP) is 4.00. The van der Waals surface area contributed by atoms with Crippen LogP contribution >= 0.6 is 11.6 Å². The van der Waals surface area contributed by atoms with Crippen LogP contribution in [0.1, 0.15) is 39.0 Å². The minimum absolute atomic E-state index is 0.701. The van der Waals surface area contributed by atoms with Gasteiger partial charge in [0.2, 0.25) is 0 Å². The normalized spacial score (nSPS) is 21.2. The molecule has 1 aliphatic rings. The largest absolute Gasteiger partial charge is 0.126 e. The first kappa shape index (κ1) is 10.1. The molecule has 1 aliphatic carbocycles. The Bertz CT molecular complexity index is 145. The fourth-order valence-electron chi connectivity index (χ4n) is 2.22. The molecule has 0 radical (unpaired) electrons. The van der Waals surface area contributed by atoms with E-state index in [4.69, 9.17) is 11.6 Å². The van der Waals surface area contributed by atoms with Crippen molar-refractivity contribution in [3.05, 3.63) is 12.2 Å². The Morgan fingerprint density at radius 3 is 2.50 bits per heavy atom. The summed E-state index contributed by atoms with van der Waals surface area (Å²) in [7, 11) is 0. The summed E-state index contributed by atoms with van der Waals surface area (Å²) in [4.78, 5) is 0. The van der Waals surface area contributed by atoms with Crippen LogP contribution in [0.15, 0.2) is 12.2 Å². The van der Waals surface area contributed by atoms with Crippen molar-refractivity contribution in [1.29, 1.82) is 0 Å². The van der Waals surface area contributed by atoms with E-state index in [9.17, 15) is 0 Å². The van der Waals surface area contributed by atoms with Crippen molar-refractivity contribution >= 4 is 11.6 Å². The van der Waals surface area contributed by atoms with Gasteiger partial charge < -0.3 is 0 Å². The molecule has 0 saturated heterocycles. The van der Waals surface area contributed by atoms with Crippen LogP contribution in [0.25, 0.3) is 0 Å². The first-order valence-corrected chi connectivity index (χ1v) is 5.48. The molecule has 1 rings (SSSR count). The van der Waals surface area contributed by atoms with E-state index in [0.717, 1.165) is 18.2 Å². The van der Waals surface area contributed by atoms with E-state index in [2.05, 4.69) is 13.5 Å². The zero-order chi connectivity index (χ0) is 8.97. The summed E-state index contributed by atoms with van der Waals surface area (Å²) < 4.78 is 0. The molecule has 0 aromatic heterocycles. The van der Waals surface area contributed by atoms with Crippen LogP contribution in [0.2, 0.25) is 0 Å². The van der Waals surface area contributed by atoms with Gasteiger partial charge in [0.15, 0.2) is 0 Å². The molecule has 0 bridgehead atoms. The molecule has 1 atom stereocenters. The molecule has 0 aromatic rings. The van der Waals surface area contributed by atoms with Crippen LogP contribution in [0.5, 0.6) is 0 Å². The molecule has 1 heteroatoms. The Labute approximate surface area is 81.0 Å². The topological polar surface area (TPSA) is 0 Å². The molecule has 0 N–H and O–H groups in total. The lowest BCUT2D eigenvalue weighted by Crippen LogP contribution is -2.13. The van der Waals surface area contributed by atoms with Crippen molar-refractivity contribution in [2.24, 2.45) is 11.8 Å². The van der Waals surface area contributed by atoms with E-state index in [1.165, 1.54) is 31.3 Å². The van der Waals surface area contributed by atoms with Crippen molar-refractivity contribution in [1.82, 2.24) is 0 Å². The second-order valence-corrected chi connectivity index (χ2v) is 4.43. The summed E-state index contributed by atoms with van der Waals surface area (Å²) in [6.07, 6.45) is 6.74. The van der Waals surface area contributed by atoms with E-state index in [1.807, 2.05) is 0 Å². The van der Waals surface area contributed by atoms with E-state index in [1.54, 1.807) is 0 Å². The summed E-state index contributed by atoms with van der Waals surface area (Å²) in [6, 6.07) is 0. The Morgan fingerprint density at radius 1 is 1.50 bits per heavy atom. The average molecular weight is 187 g/mol. The highest BCUT2D eigenvalue weighted by Crippen LogP contribution is 2.34. The molecule has 1 unspecified atom stereocenters. The molecule has 70 valence electrons. The highest BCUT2D eigenvalue weighted by molar-refractivity contribution is 6.18. The zero-order valence-electron chi connectivity index (χ0n) is 7.98. The molecule has 0 aromatic carbocycles. The second-order valence-electron chi connectivity index (χ2n) is 4.12. The van der Waals surface area contributed by atoms with Crippen LogP contribution in [0.4, 0.5) is 0 Å². The molecule has 12 heavy (non-hydrogen) atoms. The minimum atomic E-state index is 0.701. The quantitative estimate of drug-likeness (QED) is 0.460. The number of hydrogen-bond donors (Lipinski definition) is 0. The van der Waals surface area contributed by atoms with Gasteiger partial charge in [-0.2, -0.15) is 0 Å². The van der Waals surface area contributed by atoms with E-state index < -0.39 is 0 Å². The maximum atomic E-state index is 5.95. The first-order valence-electron chi connectivity index (χ1n) is 4.94. The SMILES string of the molecule is C=C(C)CC(CCl)C1CCCC1. The molecular weight excluding hydrogens is 168 g/mol. The fraction of sp³-hybridized carbons (Fsp3) is 0.818. The van der Waals surface area contributed by atoms with Crippen molar-refractivity contribution in [3.63, 3.8) is 0 Å². The summed E-state index contributed by atoms with van der Waals surface area (Å²) in [5, 5.41) is 0. The van der Waals surface area contributed by atoms with Gasteiger partial charge in [-0.15, -0.1) is 18.2 Å². The summed E-state index contributed by atoms with van der Waals surface area (Å²) in [6.45, 7) is 6.06. The Hall–Kier alpha value is 0.0300. The van der Waals surface area contributed by atoms with Crippen LogP contribution in [0.3, 0.4) is 0 Å². The maximum Gasteiger partial charge on any atom is 0.0257 e. The van der Waals surface area contributed by atoms with E-state index >= 15 is 0 Å². The van der Waals surface area contributed by atoms with Crippen LogP contribution in [-0.2, 0) is 0 Å². The van der Waals surface area contributed by atoms with Crippen LogP contribution < -0.4 is 0 Å². The predicted molar refractivity (Wildman–Crippen MR) is 55.6 cm³/mol. The molecule has 0 amide bonds. The van der Waals surface area contributed by atoms with Gasteiger partial charge in [0, 0.05) is 5.88 Å². The summed E-state index contributed by atoms with van der Waals surface area (Å²) >= 11 is 5.95. The average Bonchev–Trinajstić information content (AvgIpc) is 2.51. The Balaban J connectivity index is 2.37. The van der Waals surface area contributed by atoms with Gasteiger partial charge >= 0.3 is 0 Å². The third-order valence-electron chi connectivity index (χ3n) is 2.88. The smallest absolute Gasteiger partial charge is 0.0257 e. The number of halogens is 1. The van der Waals surface area contributed by atoms with Crippen molar-refractivity contribution in [2.75, 3.05) is 5.88 Å². The van der Waals surface area contributed by atoms with Crippen molar-refractivity contribution in [2.45, 2.75) is 39.0 Å². The fourth-order valence-corrected chi connectivity index (χ4v) is 2.58. The standard InChI is InChI=1S/C11H19Cl/c1-9(2)7-11(8-12)10-5-3-4-6-10/h10-11H,1,3-8H2,2H3. The van der Waals surface area contributed by atoms with Gasteiger partial charge in [0.1, 0.15) is 0 Å². The molecule has 0 aliphatic heterocycles. The molecule has 1 fully saturated rings. The molecule has 1 saturated carbocycles. The van der Waals surface area contributed by atoms with Gasteiger partial charge in [-0.05, 0) is 25.2 Å². The number of alkyl halides is 1. The Kier molecular flexibility index (Phi) is 4.14. The zero-order valence-corrected chi connectivity index (χ0v) is 8.74. The van der Waals surface area contributed by atoms with Gasteiger partial charge in [0.05, 0.1) is 0 Å². The monoisotopic (exact) mass is 186 g/mol. The third kappa shape index (κ3) is 2.82. The van der Waals surface area contributed by atoms with Crippen molar-refractivity contribution < 1.29 is 0 Å². The molecule has 0 spiro atoms. The lowest BCUT2D eigenvalue weighted by molar-refractivity contribution is 0.369. The number of rotatable bonds is 4. The first-order chi connectivity index (χ1) is 5.74. The van der Waals surface area contributed by atoms with Crippen LogP contribution in [-0.4, -0.2) is 5.88 Å². The highest BCUT2D eigenvalue weighted by Gasteiger charge is 2.23. The highest BCUT2D eigenvalue weighted by atomic mass is 35.5. The minimum Gasteiger partial charge on any atom is -0.126 e. The number of hydrogen-bond acceptors (Lipinski definition) is 0. The van der Waals surface area contributed by atoms with Gasteiger partial charge in [-0.1, -0.05) is 31.3 Å². The van der Waals surface area contributed by atoms with Gasteiger partial charge in [-0.25, -0.2) is 0 Å². The van der Waals surface area contributed by atoms with Crippen molar-refractivity contribution in [3.8, 4) is 0 Å². The van der Waals surface area contributed by atoms with E-state index in [0.29, 0.717) is 5.92 Å². The van der Waals surface area contributed by atoms with Gasteiger partial charge in [0.25, 0.3) is 0 Å². The molecular formula is C11H19Cl. The summed E-state index contributed by atoms with van der Waals surface area (Å²) in [5.41, 5.74) is 1.28. The molecule has 0 heterocycles. The number of allylic oxidation sites excluding steroid dienone is 1. The lowest BCUT2D eigenvalue weighted by atomic mass is 9.88. The summed E-state index contributed by atoms with van der Waals surface area (Å²) in [5.74, 6) is 2.41. The van der Waals surface area contributed by atoms with E-state index in [-0.39, 0.29) is 0 Å². The second kappa shape index (κ2) is 4.91. The van der Waals surface area contributed by atoms with Gasteiger partial charge in [-0.3, -0.25) is 0 Å². The third-order valence-corrected chi connectivity index (χ3v) is 3.27. The molecule has 0 nitrogen and oxygen atoms in total. The maximum absolute atomic E-state index is 5.95.